The van der Waals surface area contributed by atoms with E-state index in [2.05, 4.69) is 13.5 Å². The molecule has 2 nitrogen and oxygen atoms in total. The van der Waals surface area contributed by atoms with Crippen LogP contribution >= 0.6 is 22.6 Å². The fourth-order valence-electron chi connectivity index (χ4n) is 1.13. The van der Waals surface area contributed by atoms with Crippen LogP contribution in [0.1, 0.15) is 33.1 Å². The largest absolute Gasteiger partial charge is 0.334 e. The summed E-state index contributed by atoms with van der Waals surface area (Å²) < 4.78 is 0.154. The molecule has 0 fully saturated rings. The lowest BCUT2D eigenvalue weighted by Crippen LogP contribution is -2.27. The van der Waals surface area contributed by atoms with Gasteiger partial charge >= 0.3 is 0 Å². The predicted molar refractivity (Wildman–Crippen MR) is 65.3 cm³/mol. The maximum Gasteiger partial charge on any atom is 0.283 e. The predicted octanol–water partition coefficient (Wildman–Crippen LogP) is 3.61. The Morgan fingerprint density at radius 2 is 2.08 bits per heavy atom. The van der Waals surface area contributed by atoms with Crippen molar-refractivity contribution in [2.45, 2.75) is 33.1 Å². The van der Waals surface area contributed by atoms with E-state index in [0.717, 1.165) is 32.4 Å². The van der Waals surface area contributed by atoms with Gasteiger partial charge in [0.2, 0.25) is 0 Å². The normalized spacial score (nSPS) is 9.77. The number of amides is 1. The van der Waals surface area contributed by atoms with E-state index in [1.165, 1.54) is 5.57 Å². The highest BCUT2D eigenvalue weighted by Crippen LogP contribution is 2.06. The van der Waals surface area contributed by atoms with Crippen LogP contribution in [0.2, 0.25) is 0 Å². The van der Waals surface area contributed by atoms with Gasteiger partial charge in [-0.15, -0.1) is 6.58 Å². The molecule has 0 saturated heterocycles. The molecular formula is C10H18INO. The summed E-state index contributed by atoms with van der Waals surface area (Å²) >= 11 is 1.85. The molecule has 76 valence electrons. The van der Waals surface area contributed by atoms with E-state index in [1.54, 1.807) is 0 Å². The number of nitrogens with zero attached hydrogens (tertiary/aromatic N) is 1. The van der Waals surface area contributed by atoms with Crippen LogP contribution < -0.4 is 0 Å². The van der Waals surface area contributed by atoms with Crippen LogP contribution in [0, 0.1) is 0 Å². The molecule has 0 aromatic rings. The van der Waals surface area contributed by atoms with Gasteiger partial charge in [-0.2, -0.15) is 0 Å². The molecular weight excluding hydrogens is 277 g/mol. The summed E-state index contributed by atoms with van der Waals surface area (Å²) in [6.45, 7) is 9.69. The van der Waals surface area contributed by atoms with Crippen LogP contribution in [-0.4, -0.2) is 21.9 Å². The molecule has 0 bridgehead atoms. The van der Waals surface area contributed by atoms with Gasteiger partial charge in [-0.1, -0.05) is 12.5 Å². The molecule has 3 heteroatoms. The lowest BCUT2D eigenvalue weighted by atomic mass is 10.2. The van der Waals surface area contributed by atoms with Gasteiger partial charge in [0.15, 0.2) is 0 Å². The summed E-state index contributed by atoms with van der Waals surface area (Å²) in [6, 6.07) is 0. The van der Waals surface area contributed by atoms with Crippen molar-refractivity contribution in [3.05, 3.63) is 12.2 Å². The summed E-state index contributed by atoms with van der Waals surface area (Å²) in [4.78, 5) is 13.0. The zero-order valence-corrected chi connectivity index (χ0v) is 10.6. The Bertz CT molecular complexity index is 180. The number of halogens is 1. The van der Waals surface area contributed by atoms with Crippen LogP contribution in [-0.2, 0) is 0 Å². The Kier molecular flexibility index (Phi) is 7.32. The van der Waals surface area contributed by atoms with Crippen molar-refractivity contribution in [3.8, 4) is 0 Å². The molecule has 13 heavy (non-hydrogen) atoms. The molecule has 0 unspecified atom stereocenters. The van der Waals surface area contributed by atoms with Crippen LogP contribution in [0.5, 0.6) is 0 Å². The first-order valence-electron chi connectivity index (χ1n) is 4.66. The molecule has 0 aliphatic heterocycles. The van der Waals surface area contributed by atoms with Crippen LogP contribution in [0.4, 0.5) is 4.79 Å². The first-order valence-corrected chi connectivity index (χ1v) is 5.74. The number of hydrogen-bond donors (Lipinski definition) is 0. The molecule has 0 spiro atoms. The number of hydrogen-bond acceptors (Lipinski definition) is 1. The highest BCUT2D eigenvalue weighted by Gasteiger charge is 2.07. The van der Waals surface area contributed by atoms with E-state index in [4.69, 9.17) is 0 Å². The number of allylic oxidation sites excluding steroid dienone is 1. The van der Waals surface area contributed by atoms with Crippen LogP contribution in [0.25, 0.3) is 0 Å². The number of carbonyl (C=O) groups excluding carboxylic acids is 1. The van der Waals surface area contributed by atoms with Gasteiger partial charge in [0.1, 0.15) is 0 Å². The standard InChI is InChI=1S/C10H18INO/c1-4-7-12(10(11)13)8-5-6-9(2)3/h2,4-8H2,1,3H3. The third kappa shape index (κ3) is 7.05. The van der Waals surface area contributed by atoms with E-state index in [-0.39, 0.29) is 3.91 Å². The average Bonchev–Trinajstić information content (AvgIpc) is 2.02. The van der Waals surface area contributed by atoms with Crippen molar-refractivity contribution in [3.63, 3.8) is 0 Å². The van der Waals surface area contributed by atoms with Crippen LogP contribution in [0.3, 0.4) is 0 Å². The first kappa shape index (κ1) is 12.9. The summed E-state index contributed by atoms with van der Waals surface area (Å²) in [7, 11) is 0. The van der Waals surface area contributed by atoms with Gasteiger partial charge in [0, 0.05) is 35.7 Å². The fraction of sp³-hybridized carbons (Fsp3) is 0.700. The molecule has 0 heterocycles. The first-order chi connectivity index (χ1) is 6.07. The lowest BCUT2D eigenvalue weighted by Gasteiger charge is -2.18. The topological polar surface area (TPSA) is 20.3 Å². The second kappa shape index (κ2) is 7.35. The summed E-state index contributed by atoms with van der Waals surface area (Å²) in [5, 5.41) is 0. The maximum absolute atomic E-state index is 11.1. The molecule has 1 amide bonds. The maximum atomic E-state index is 11.1. The average molecular weight is 295 g/mol. The van der Waals surface area contributed by atoms with Gasteiger partial charge < -0.3 is 4.90 Å². The van der Waals surface area contributed by atoms with Crippen molar-refractivity contribution < 1.29 is 4.79 Å². The van der Waals surface area contributed by atoms with Crippen molar-refractivity contribution in [1.29, 1.82) is 0 Å². The second-order valence-electron chi connectivity index (χ2n) is 3.30. The van der Waals surface area contributed by atoms with Gasteiger partial charge in [0.05, 0.1) is 0 Å². The molecule has 0 aliphatic rings. The minimum Gasteiger partial charge on any atom is -0.334 e. The molecule has 0 saturated carbocycles. The lowest BCUT2D eigenvalue weighted by molar-refractivity contribution is 0.225. The van der Waals surface area contributed by atoms with Crippen molar-refractivity contribution in [1.82, 2.24) is 4.90 Å². The Balaban J connectivity index is 3.69. The van der Waals surface area contributed by atoms with Gasteiger partial charge in [-0.05, 0) is 26.2 Å². The molecule has 0 radical (unpaired) electrons. The molecule has 0 aromatic heterocycles. The summed E-state index contributed by atoms with van der Waals surface area (Å²) in [6.07, 6.45) is 3.08. The molecule has 0 aromatic carbocycles. The van der Waals surface area contributed by atoms with Gasteiger partial charge in [0.25, 0.3) is 3.91 Å². The Morgan fingerprint density at radius 3 is 2.46 bits per heavy atom. The number of rotatable bonds is 6. The van der Waals surface area contributed by atoms with Crippen LogP contribution in [0.15, 0.2) is 12.2 Å². The second-order valence-corrected chi connectivity index (χ2v) is 4.22. The molecule has 0 rings (SSSR count). The van der Waals surface area contributed by atoms with Gasteiger partial charge in [-0.25, -0.2) is 0 Å². The fourth-order valence-corrected chi connectivity index (χ4v) is 1.61. The third-order valence-corrected chi connectivity index (χ3v) is 2.46. The van der Waals surface area contributed by atoms with E-state index in [1.807, 2.05) is 34.4 Å². The summed E-state index contributed by atoms with van der Waals surface area (Å²) in [5.41, 5.74) is 1.19. The minimum absolute atomic E-state index is 0.154. The molecule has 0 aliphatic carbocycles. The van der Waals surface area contributed by atoms with E-state index < -0.39 is 0 Å². The van der Waals surface area contributed by atoms with E-state index >= 15 is 0 Å². The van der Waals surface area contributed by atoms with Crippen molar-refractivity contribution >= 4 is 26.5 Å². The van der Waals surface area contributed by atoms with Crippen molar-refractivity contribution in [2.75, 3.05) is 13.1 Å². The number of carbonyl (C=O) groups is 1. The monoisotopic (exact) mass is 295 g/mol. The Labute approximate surface area is 94.5 Å². The Morgan fingerprint density at radius 1 is 1.46 bits per heavy atom. The molecule has 0 atom stereocenters. The highest BCUT2D eigenvalue weighted by molar-refractivity contribution is 14.1. The zero-order chi connectivity index (χ0) is 10.3. The zero-order valence-electron chi connectivity index (χ0n) is 8.48. The quantitative estimate of drug-likeness (QED) is 0.317. The van der Waals surface area contributed by atoms with E-state index in [9.17, 15) is 4.79 Å². The SMILES string of the molecule is C=C(C)CCCN(CCC)C(=O)I. The summed E-state index contributed by atoms with van der Waals surface area (Å²) in [5.74, 6) is 0. The van der Waals surface area contributed by atoms with Gasteiger partial charge in [-0.3, -0.25) is 4.79 Å². The van der Waals surface area contributed by atoms with E-state index in [0.29, 0.717) is 0 Å². The molecule has 0 N–H and O–H groups in total. The minimum atomic E-state index is 0.154. The smallest absolute Gasteiger partial charge is 0.283 e. The Hall–Kier alpha value is -0.0600. The third-order valence-electron chi connectivity index (χ3n) is 1.77. The highest BCUT2D eigenvalue weighted by atomic mass is 127. The van der Waals surface area contributed by atoms with Crippen molar-refractivity contribution in [2.24, 2.45) is 0 Å².